The second-order valence-corrected chi connectivity index (χ2v) is 8.94. The van der Waals surface area contributed by atoms with Crippen LogP contribution in [0.3, 0.4) is 0 Å². The number of rotatable bonds is 3. The first kappa shape index (κ1) is 17.8. The van der Waals surface area contributed by atoms with Crippen molar-refractivity contribution in [3.05, 3.63) is 29.5 Å². The van der Waals surface area contributed by atoms with Gasteiger partial charge < -0.3 is 15.3 Å². The molecule has 0 spiro atoms. The van der Waals surface area contributed by atoms with E-state index in [9.17, 15) is 9.50 Å². The minimum Gasteiger partial charge on any atom is -0.505 e. The zero-order valence-electron chi connectivity index (χ0n) is 15.8. The summed E-state index contributed by atoms with van der Waals surface area (Å²) in [5, 5.41) is 14.9. The Morgan fingerprint density at radius 1 is 1.25 bits per heavy atom. The number of hydrogen-bond donors (Lipinski definition) is 2. The van der Waals surface area contributed by atoms with Crippen LogP contribution in [0, 0.1) is 6.92 Å². The lowest BCUT2D eigenvalue weighted by Gasteiger charge is -2.38. The van der Waals surface area contributed by atoms with Crippen LogP contribution >= 0.6 is 11.3 Å². The fourth-order valence-electron chi connectivity index (χ4n) is 4.46. The molecule has 2 saturated heterocycles. The van der Waals surface area contributed by atoms with Gasteiger partial charge in [0.15, 0.2) is 5.75 Å². The number of fused-ring (bicyclic) bond motifs is 3. The van der Waals surface area contributed by atoms with Gasteiger partial charge >= 0.3 is 0 Å². The molecule has 2 bridgehead atoms. The fourth-order valence-corrected chi connectivity index (χ4v) is 5.29. The number of piperidine rings is 1. The second kappa shape index (κ2) is 6.63. The molecule has 8 heteroatoms. The highest BCUT2D eigenvalue weighted by atomic mass is 32.1. The summed E-state index contributed by atoms with van der Waals surface area (Å²) in [5.74, 6) is 0.763. The lowest BCUT2D eigenvalue weighted by atomic mass is 9.96. The van der Waals surface area contributed by atoms with Gasteiger partial charge in [-0.15, -0.1) is 11.3 Å². The van der Waals surface area contributed by atoms with Gasteiger partial charge in [-0.2, -0.15) is 0 Å². The molecule has 146 valence electrons. The van der Waals surface area contributed by atoms with Gasteiger partial charge in [0, 0.05) is 24.7 Å². The molecule has 2 fully saturated rings. The first-order valence-electron chi connectivity index (χ1n) is 9.55. The van der Waals surface area contributed by atoms with Crippen molar-refractivity contribution < 1.29 is 9.50 Å². The van der Waals surface area contributed by atoms with E-state index in [1.165, 1.54) is 0 Å². The Morgan fingerprint density at radius 3 is 2.89 bits per heavy atom. The SMILES string of the molecule is Cc1nc2c(O)c(-c3cnc(N(C)[C@H]4CC5CCC(N5)[C@H]4F)cn3)ccc2s1. The largest absolute Gasteiger partial charge is 0.505 e. The van der Waals surface area contributed by atoms with Crippen molar-refractivity contribution in [1.82, 2.24) is 20.3 Å². The molecule has 0 saturated carbocycles. The summed E-state index contributed by atoms with van der Waals surface area (Å²) in [4.78, 5) is 15.3. The molecule has 0 aliphatic carbocycles. The summed E-state index contributed by atoms with van der Waals surface area (Å²) >= 11 is 1.54. The van der Waals surface area contributed by atoms with Crippen LogP contribution in [0.15, 0.2) is 24.5 Å². The molecule has 2 aromatic heterocycles. The zero-order valence-corrected chi connectivity index (χ0v) is 16.6. The molecule has 0 radical (unpaired) electrons. The Hall–Kier alpha value is -2.32. The average molecular weight is 399 g/mol. The lowest BCUT2D eigenvalue weighted by Crippen LogP contribution is -2.55. The normalized spacial score (nSPS) is 26.7. The number of hydrogen-bond acceptors (Lipinski definition) is 7. The van der Waals surface area contributed by atoms with Gasteiger partial charge in [0.1, 0.15) is 17.5 Å². The summed E-state index contributed by atoms with van der Waals surface area (Å²) in [5.41, 5.74) is 1.76. The second-order valence-electron chi connectivity index (χ2n) is 7.71. The van der Waals surface area contributed by atoms with Gasteiger partial charge in [0.25, 0.3) is 0 Å². The van der Waals surface area contributed by atoms with E-state index in [1.807, 2.05) is 31.0 Å². The van der Waals surface area contributed by atoms with Gasteiger partial charge in [-0.05, 0) is 38.3 Å². The number of aryl methyl sites for hydroxylation is 1. The maximum absolute atomic E-state index is 14.8. The molecule has 1 aromatic carbocycles. The molecule has 3 aromatic rings. The molecule has 0 amide bonds. The van der Waals surface area contributed by atoms with Crippen LogP contribution in [0.2, 0.25) is 0 Å². The summed E-state index contributed by atoms with van der Waals surface area (Å²) < 4.78 is 15.8. The van der Waals surface area contributed by atoms with Crippen molar-refractivity contribution in [2.45, 2.75) is 50.5 Å². The fraction of sp³-hybridized carbons (Fsp3) is 0.450. The third kappa shape index (κ3) is 2.82. The van der Waals surface area contributed by atoms with Crippen molar-refractivity contribution in [3.8, 4) is 17.0 Å². The lowest BCUT2D eigenvalue weighted by molar-refractivity contribution is 0.176. The number of benzene rings is 1. The van der Waals surface area contributed by atoms with Crippen LogP contribution in [-0.4, -0.2) is 51.4 Å². The molecular weight excluding hydrogens is 377 g/mol. The number of nitrogens with one attached hydrogen (secondary N) is 1. The maximum Gasteiger partial charge on any atom is 0.152 e. The van der Waals surface area contributed by atoms with E-state index in [0.29, 0.717) is 28.6 Å². The Kier molecular flexibility index (Phi) is 4.21. The summed E-state index contributed by atoms with van der Waals surface area (Å²) in [7, 11) is 1.88. The molecule has 4 atom stereocenters. The zero-order chi connectivity index (χ0) is 19.4. The van der Waals surface area contributed by atoms with Crippen LogP contribution < -0.4 is 10.2 Å². The molecule has 2 unspecified atom stereocenters. The van der Waals surface area contributed by atoms with Gasteiger partial charge in [0.2, 0.25) is 0 Å². The molecule has 6 nitrogen and oxygen atoms in total. The third-order valence-corrected chi connectivity index (χ3v) is 6.90. The topological polar surface area (TPSA) is 74.2 Å². The Morgan fingerprint density at radius 2 is 2.11 bits per heavy atom. The highest BCUT2D eigenvalue weighted by Crippen LogP contribution is 2.37. The van der Waals surface area contributed by atoms with Crippen LogP contribution in [0.1, 0.15) is 24.3 Å². The number of nitrogens with zero attached hydrogens (tertiary/aromatic N) is 4. The van der Waals surface area contributed by atoms with E-state index in [2.05, 4.69) is 20.3 Å². The summed E-state index contributed by atoms with van der Waals surface area (Å²) in [6.07, 6.45) is 5.09. The molecule has 4 heterocycles. The van der Waals surface area contributed by atoms with Crippen molar-refractivity contribution in [2.24, 2.45) is 0 Å². The van der Waals surface area contributed by atoms with Crippen molar-refractivity contribution in [3.63, 3.8) is 0 Å². The molecule has 2 N–H and O–H groups in total. The number of halogens is 1. The summed E-state index contributed by atoms with van der Waals surface area (Å²) in [6.45, 7) is 1.92. The van der Waals surface area contributed by atoms with Crippen LogP contribution in [0.5, 0.6) is 5.75 Å². The standard InChI is InChI=1S/C20H22FN5OS/c1-10-24-19-16(28-10)6-4-12(20(19)27)14-8-23-17(9-22-14)26(2)15-7-11-3-5-13(25-11)18(15)21/h4,6,8-9,11,13,15,18,25,27H,3,5,7H2,1-2H3/t11?,13?,15-,18+/m0/s1. The number of anilines is 1. The van der Waals surface area contributed by atoms with Crippen LogP contribution in [-0.2, 0) is 0 Å². The first-order valence-corrected chi connectivity index (χ1v) is 10.4. The monoisotopic (exact) mass is 399 g/mol. The summed E-state index contributed by atoms with van der Waals surface area (Å²) in [6, 6.07) is 3.92. The van der Waals surface area contributed by atoms with Gasteiger partial charge in [0.05, 0.1) is 33.8 Å². The molecule has 28 heavy (non-hydrogen) atoms. The van der Waals surface area contributed by atoms with E-state index < -0.39 is 6.17 Å². The molecule has 2 aliphatic heterocycles. The Balaban J connectivity index is 1.42. The first-order chi connectivity index (χ1) is 13.5. The van der Waals surface area contributed by atoms with E-state index in [4.69, 9.17) is 0 Å². The van der Waals surface area contributed by atoms with Gasteiger partial charge in [-0.25, -0.2) is 14.4 Å². The number of phenols is 1. The number of aromatic nitrogens is 3. The average Bonchev–Trinajstić information content (AvgIpc) is 3.28. The number of thiazole rings is 1. The Labute approximate surface area is 166 Å². The Bertz CT molecular complexity index is 1020. The number of aromatic hydroxyl groups is 1. The minimum absolute atomic E-state index is 0.0522. The molecule has 2 aliphatic rings. The van der Waals surface area contributed by atoms with Crippen molar-refractivity contribution in [1.29, 1.82) is 0 Å². The van der Waals surface area contributed by atoms with E-state index in [1.54, 1.807) is 23.7 Å². The van der Waals surface area contributed by atoms with E-state index in [-0.39, 0.29) is 17.8 Å². The van der Waals surface area contributed by atoms with Crippen LogP contribution in [0.4, 0.5) is 10.2 Å². The van der Waals surface area contributed by atoms with Crippen molar-refractivity contribution in [2.75, 3.05) is 11.9 Å². The van der Waals surface area contributed by atoms with E-state index >= 15 is 0 Å². The predicted octanol–water partition coefficient (Wildman–Crippen LogP) is 3.43. The quantitative estimate of drug-likeness (QED) is 0.703. The predicted molar refractivity (Wildman–Crippen MR) is 109 cm³/mol. The minimum atomic E-state index is -0.912. The maximum atomic E-state index is 14.8. The van der Waals surface area contributed by atoms with Crippen molar-refractivity contribution >= 4 is 27.4 Å². The number of phenolic OH excluding ortho intramolecular Hbond substituents is 1. The number of alkyl halides is 1. The molecule has 5 rings (SSSR count). The van der Waals surface area contributed by atoms with Crippen LogP contribution in [0.25, 0.3) is 21.5 Å². The van der Waals surface area contributed by atoms with Gasteiger partial charge in [-0.3, -0.25) is 4.98 Å². The van der Waals surface area contributed by atoms with Gasteiger partial charge in [-0.1, -0.05) is 0 Å². The molecular formula is C20H22FN5OS. The van der Waals surface area contributed by atoms with E-state index in [0.717, 1.165) is 29.0 Å². The highest BCUT2D eigenvalue weighted by molar-refractivity contribution is 7.18. The smallest absolute Gasteiger partial charge is 0.152 e. The third-order valence-electron chi connectivity index (χ3n) is 5.97. The highest BCUT2D eigenvalue weighted by Gasteiger charge is 2.43.